The van der Waals surface area contributed by atoms with E-state index in [0.29, 0.717) is 60.4 Å². The number of nitrogens with one attached hydrogen (secondary N) is 1. The Labute approximate surface area is 250 Å². The molecular weight excluding hydrogens is 549 g/mol. The molecule has 0 radical (unpaired) electrons. The van der Waals surface area contributed by atoms with Crippen LogP contribution >= 0.6 is 0 Å². The highest BCUT2D eigenvalue weighted by molar-refractivity contribution is 5.94. The van der Waals surface area contributed by atoms with Crippen molar-refractivity contribution in [1.82, 2.24) is 19.8 Å². The van der Waals surface area contributed by atoms with Crippen LogP contribution in [-0.4, -0.2) is 63.5 Å². The van der Waals surface area contributed by atoms with Gasteiger partial charge in [0.25, 0.3) is 5.91 Å². The fourth-order valence-corrected chi connectivity index (χ4v) is 4.56. The number of rotatable bonds is 7. The average molecular weight is 584 g/mol. The molecule has 0 spiro atoms. The van der Waals surface area contributed by atoms with Gasteiger partial charge in [-0.3, -0.25) is 4.79 Å². The van der Waals surface area contributed by atoms with Crippen molar-refractivity contribution in [2.24, 2.45) is 0 Å². The normalized spacial score (nSPS) is 13.4. The van der Waals surface area contributed by atoms with Crippen LogP contribution in [0, 0.1) is 5.82 Å². The summed E-state index contributed by atoms with van der Waals surface area (Å²) in [5.74, 6) is 0.211. The van der Waals surface area contributed by atoms with Gasteiger partial charge in [-0.25, -0.2) is 19.2 Å². The summed E-state index contributed by atoms with van der Waals surface area (Å²) in [6, 6.07) is 22.8. The van der Waals surface area contributed by atoms with Crippen molar-refractivity contribution in [3.8, 4) is 17.0 Å². The standard InChI is InChI=1S/C33H34FN5O4/c1-33(2,3)43-32(41)39-19-17-38(18-20-39)30(40)24-9-12-26(13-10-24)36-31-35-16-15-28(37-31)27-14-11-25(34)21-29(27)42-22-23-7-5-4-6-8-23/h4-16,21H,17-20,22H2,1-3H3,(H,35,36,37). The van der Waals surface area contributed by atoms with Crippen molar-refractivity contribution < 1.29 is 23.5 Å². The van der Waals surface area contributed by atoms with Gasteiger partial charge in [0, 0.05) is 55.3 Å². The van der Waals surface area contributed by atoms with E-state index in [0.717, 1.165) is 5.56 Å². The predicted molar refractivity (Wildman–Crippen MR) is 162 cm³/mol. The highest BCUT2D eigenvalue weighted by Crippen LogP contribution is 2.31. The molecule has 0 atom stereocenters. The van der Waals surface area contributed by atoms with Gasteiger partial charge in [0.15, 0.2) is 0 Å². The number of ether oxygens (including phenoxy) is 2. The minimum atomic E-state index is -0.562. The number of hydrogen-bond donors (Lipinski definition) is 1. The lowest BCUT2D eigenvalue weighted by molar-refractivity contribution is 0.0141. The molecule has 2 heterocycles. The summed E-state index contributed by atoms with van der Waals surface area (Å²) in [5, 5.41) is 3.17. The molecule has 1 aliphatic rings. The molecule has 2 amide bonds. The fraction of sp³-hybridized carbons (Fsp3) is 0.273. The lowest BCUT2D eigenvalue weighted by atomic mass is 10.1. The molecule has 1 saturated heterocycles. The van der Waals surface area contributed by atoms with Crippen molar-refractivity contribution in [2.75, 3.05) is 31.5 Å². The largest absolute Gasteiger partial charge is 0.488 e. The van der Waals surface area contributed by atoms with Gasteiger partial charge >= 0.3 is 6.09 Å². The van der Waals surface area contributed by atoms with Crippen LogP contribution in [0.15, 0.2) is 85.1 Å². The van der Waals surface area contributed by atoms with Crippen molar-refractivity contribution in [1.29, 1.82) is 0 Å². The van der Waals surface area contributed by atoms with E-state index >= 15 is 0 Å². The molecule has 0 bridgehead atoms. The van der Waals surface area contributed by atoms with Crippen LogP contribution in [0.1, 0.15) is 36.7 Å². The Morgan fingerprint density at radius 3 is 2.30 bits per heavy atom. The summed E-state index contributed by atoms with van der Waals surface area (Å²) in [5.41, 5.74) is 2.84. The first-order valence-corrected chi connectivity index (χ1v) is 14.1. The number of aromatic nitrogens is 2. The molecule has 1 aliphatic heterocycles. The molecule has 5 rings (SSSR count). The van der Waals surface area contributed by atoms with Crippen molar-refractivity contribution in [3.05, 3.63) is 102 Å². The van der Waals surface area contributed by atoms with E-state index in [1.54, 1.807) is 52.4 Å². The van der Waals surface area contributed by atoms with Crippen LogP contribution in [0.4, 0.5) is 20.8 Å². The number of nitrogens with zero attached hydrogens (tertiary/aromatic N) is 4. The van der Waals surface area contributed by atoms with Gasteiger partial charge in [0.2, 0.25) is 5.95 Å². The number of anilines is 2. The Hall–Kier alpha value is -4.99. The van der Waals surface area contributed by atoms with Gasteiger partial charge < -0.3 is 24.6 Å². The van der Waals surface area contributed by atoms with Crippen molar-refractivity contribution >= 4 is 23.6 Å². The molecular formula is C33H34FN5O4. The highest BCUT2D eigenvalue weighted by atomic mass is 19.1. The van der Waals surface area contributed by atoms with Gasteiger partial charge in [-0.2, -0.15) is 0 Å². The first-order chi connectivity index (χ1) is 20.6. The maximum Gasteiger partial charge on any atom is 0.410 e. The minimum absolute atomic E-state index is 0.104. The fourth-order valence-electron chi connectivity index (χ4n) is 4.56. The number of halogens is 1. The Kier molecular flexibility index (Phi) is 8.85. The molecule has 9 nitrogen and oxygen atoms in total. The molecule has 3 aromatic carbocycles. The Bertz CT molecular complexity index is 1570. The monoisotopic (exact) mass is 583 g/mol. The first kappa shape index (κ1) is 29.5. The molecule has 222 valence electrons. The number of carbonyl (C=O) groups is 2. The van der Waals surface area contributed by atoms with E-state index in [9.17, 15) is 14.0 Å². The van der Waals surface area contributed by atoms with Crippen LogP contribution in [-0.2, 0) is 11.3 Å². The van der Waals surface area contributed by atoms with E-state index in [-0.39, 0.29) is 18.6 Å². The number of benzene rings is 3. The third-order valence-corrected chi connectivity index (χ3v) is 6.72. The molecule has 1 fully saturated rings. The SMILES string of the molecule is CC(C)(C)OC(=O)N1CCN(C(=O)c2ccc(Nc3nccc(-c4ccc(F)cc4OCc4ccccc4)n3)cc2)CC1. The second-order valence-electron chi connectivity index (χ2n) is 11.1. The summed E-state index contributed by atoms with van der Waals surface area (Å²) >= 11 is 0. The molecule has 1 aromatic heterocycles. The minimum Gasteiger partial charge on any atom is -0.488 e. The quantitative estimate of drug-likeness (QED) is 0.273. The summed E-state index contributed by atoms with van der Waals surface area (Å²) in [6.07, 6.45) is 1.25. The van der Waals surface area contributed by atoms with Crippen molar-refractivity contribution in [2.45, 2.75) is 33.0 Å². The van der Waals surface area contributed by atoms with E-state index in [4.69, 9.17) is 9.47 Å². The summed E-state index contributed by atoms with van der Waals surface area (Å²) in [4.78, 5) is 37.7. The van der Waals surface area contributed by atoms with E-state index in [2.05, 4.69) is 15.3 Å². The highest BCUT2D eigenvalue weighted by Gasteiger charge is 2.28. The zero-order valence-electron chi connectivity index (χ0n) is 24.4. The molecule has 1 N–H and O–H groups in total. The summed E-state index contributed by atoms with van der Waals surface area (Å²) in [6.45, 7) is 7.47. The molecule has 0 unspecified atom stereocenters. The Morgan fingerprint density at radius 2 is 1.60 bits per heavy atom. The van der Waals surface area contributed by atoms with Gasteiger partial charge in [0.1, 0.15) is 23.8 Å². The van der Waals surface area contributed by atoms with Crippen LogP contribution in [0.2, 0.25) is 0 Å². The Balaban J connectivity index is 1.21. The number of hydrogen-bond acceptors (Lipinski definition) is 7. The molecule has 0 saturated carbocycles. The lowest BCUT2D eigenvalue weighted by Crippen LogP contribution is -2.51. The zero-order valence-corrected chi connectivity index (χ0v) is 24.4. The van der Waals surface area contributed by atoms with Gasteiger partial charge in [-0.1, -0.05) is 30.3 Å². The third-order valence-electron chi connectivity index (χ3n) is 6.72. The number of carbonyl (C=O) groups excluding carboxylic acids is 2. The van der Waals surface area contributed by atoms with Crippen LogP contribution < -0.4 is 10.1 Å². The lowest BCUT2D eigenvalue weighted by Gasteiger charge is -2.35. The predicted octanol–water partition coefficient (Wildman–Crippen LogP) is 6.30. The van der Waals surface area contributed by atoms with Crippen molar-refractivity contribution in [3.63, 3.8) is 0 Å². The van der Waals surface area contributed by atoms with Crippen LogP contribution in [0.25, 0.3) is 11.3 Å². The maximum absolute atomic E-state index is 14.1. The Morgan fingerprint density at radius 1 is 0.907 bits per heavy atom. The molecule has 43 heavy (non-hydrogen) atoms. The van der Waals surface area contributed by atoms with E-state index in [1.165, 1.54) is 12.1 Å². The van der Waals surface area contributed by atoms with Gasteiger partial charge in [-0.15, -0.1) is 0 Å². The van der Waals surface area contributed by atoms with Gasteiger partial charge in [-0.05, 0) is 68.8 Å². The second kappa shape index (κ2) is 12.9. The van der Waals surface area contributed by atoms with Crippen LogP contribution in [0.5, 0.6) is 5.75 Å². The van der Waals surface area contributed by atoms with Crippen LogP contribution in [0.3, 0.4) is 0 Å². The van der Waals surface area contributed by atoms with E-state index in [1.807, 2.05) is 51.1 Å². The molecule has 4 aromatic rings. The van der Waals surface area contributed by atoms with E-state index < -0.39 is 11.4 Å². The molecule has 10 heteroatoms. The third kappa shape index (κ3) is 7.85. The smallest absolute Gasteiger partial charge is 0.410 e. The topological polar surface area (TPSA) is 96.9 Å². The summed E-state index contributed by atoms with van der Waals surface area (Å²) in [7, 11) is 0. The average Bonchev–Trinajstić information content (AvgIpc) is 3.00. The molecule has 0 aliphatic carbocycles. The second-order valence-corrected chi connectivity index (χ2v) is 11.1. The summed E-state index contributed by atoms with van der Waals surface area (Å²) < 4.78 is 25.5. The zero-order chi connectivity index (χ0) is 30.4. The number of piperazine rings is 1. The van der Waals surface area contributed by atoms with Gasteiger partial charge in [0.05, 0.1) is 5.69 Å². The maximum atomic E-state index is 14.1. The first-order valence-electron chi connectivity index (χ1n) is 14.1. The number of amides is 2.